The summed E-state index contributed by atoms with van der Waals surface area (Å²) in [7, 11) is 5.32. The molecule has 0 saturated heterocycles. The molecule has 0 atom stereocenters. The van der Waals surface area contributed by atoms with Crippen LogP contribution in [0.3, 0.4) is 0 Å². The van der Waals surface area contributed by atoms with Gasteiger partial charge in [-0.3, -0.25) is 4.79 Å². The lowest BCUT2D eigenvalue weighted by molar-refractivity contribution is 0.0827. The van der Waals surface area contributed by atoms with Gasteiger partial charge < -0.3 is 15.0 Å². The van der Waals surface area contributed by atoms with E-state index in [0.29, 0.717) is 17.2 Å². The number of aromatic nitrogens is 1. The molecule has 5 nitrogen and oxygen atoms in total. The van der Waals surface area contributed by atoms with Crippen molar-refractivity contribution in [1.82, 2.24) is 15.2 Å². The van der Waals surface area contributed by atoms with E-state index < -0.39 is 0 Å². The van der Waals surface area contributed by atoms with Crippen LogP contribution in [0.4, 0.5) is 0 Å². The second-order valence-electron chi connectivity index (χ2n) is 4.86. The molecule has 110 valence electrons. The fourth-order valence-electron chi connectivity index (χ4n) is 1.83. The van der Waals surface area contributed by atoms with Crippen LogP contribution in [0, 0.1) is 0 Å². The van der Waals surface area contributed by atoms with Crippen LogP contribution >= 0.6 is 0 Å². The van der Waals surface area contributed by atoms with Gasteiger partial charge in [0.05, 0.1) is 5.56 Å². The van der Waals surface area contributed by atoms with Gasteiger partial charge in [-0.25, -0.2) is 4.98 Å². The number of rotatable bonds is 5. The van der Waals surface area contributed by atoms with Crippen LogP contribution in [0.15, 0.2) is 42.6 Å². The maximum atomic E-state index is 11.8. The molecule has 0 aliphatic heterocycles. The van der Waals surface area contributed by atoms with Crippen molar-refractivity contribution in [2.75, 3.05) is 21.1 Å². The molecule has 0 unspecified atom stereocenters. The van der Waals surface area contributed by atoms with E-state index in [2.05, 4.69) is 10.3 Å². The third-order valence-corrected chi connectivity index (χ3v) is 2.92. The van der Waals surface area contributed by atoms with Gasteiger partial charge in [0.2, 0.25) is 5.88 Å². The number of benzene rings is 1. The predicted octanol–water partition coefficient (Wildman–Crippen LogP) is 2.30. The van der Waals surface area contributed by atoms with Gasteiger partial charge >= 0.3 is 0 Å². The minimum Gasteiger partial charge on any atom is -0.439 e. The van der Waals surface area contributed by atoms with Crippen LogP contribution in [-0.4, -0.2) is 36.9 Å². The predicted molar refractivity (Wildman–Crippen MR) is 81.5 cm³/mol. The van der Waals surface area contributed by atoms with Crippen molar-refractivity contribution in [2.24, 2.45) is 0 Å². The van der Waals surface area contributed by atoms with E-state index in [9.17, 15) is 4.79 Å². The molecule has 0 saturated carbocycles. The van der Waals surface area contributed by atoms with Gasteiger partial charge in [0, 0.05) is 32.9 Å². The first-order chi connectivity index (χ1) is 10.1. The number of hydrogen-bond donors (Lipinski definition) is 1. The Bertz CT molecular complexity index is 592. The molecular formula is C16H19N3O2. The molecule has 0 aliphatic rings. The Balaban J connectivity index is 2.04. The molecule has 0 spiro atoms. The third-order valence-electron chi connectivity index (χ3n) is 2.92. The maximum Gasteiger partial charge on any atom is 0.254 e. The van der Waals surface area contributed by atoms with E-state index in [1.807, 2.05) is 31.3 Å². The van der Waals surface area contributed by atoms with Crippen LogP contribution in [0.5, 0.6) is 11.6 Å². The summed E-state index contributed by atoms with van der Waals surface area (Å²) in [6, 6.07) is 11.2. The van der Waals surface area contributed by atoms with Crippen molar-refractivity contribution in [1.29, 1.82) is 0 Å². The van der Waals surface area contributed by atoms with Crippen LogP contribution in [-0.2, 0) is 6.54 Å². The highest BCUT2D eigenvalue weighted by Gasteiger charge is 2.08. The number of amides is 1. The minimum atomic E-state index is -0.0783. The molecule has 1 N–H and O–H groups in total. The Morgan fingerprint density at radius 3 is 2.43 bits per heavy atom. The van der Waals surface area contributed by atoms with Crippen LogP contribution in [0.2, 0.25) is 0 Å². The van der Waals surface area contributed by atoms with Gasteiger partial charge in [-0.1, -0.05) is 12.1 Å². The highest BCUT2D eigenvalue weighted by molar-refractivity contribution is 5.93. The lowest BCUT2D eigenvalue weighted by Gasteiger charge is -2.10. The number of pyridine rings is 1. The monoisotopic (exact) mass is 285 g/mol. The molecule has 1 heterocycles. The topological polar surface area (TPSA) is 54.5 Å². The highest BCUT2D eigenvalue weighted by Crippen LogP contribution is 2.20. The number of ether oxygens (including phenoxy) is 1. The Morgan fingerprint density at radius 1 is 1.19 bits per heavy atom. The molecule has 2 rings (SSSR count). The Kier molecular flexibility index (Phi) is 4.90. The van der Waals surface area contributed by atoms with Crippen LogP contribution in [0.25, 0.3) is 0 Å². The number of carbonyl (C=O) groups is 1. The average Bonchev–Trinajstić information content (AvgIpc) is 2.49. The van der Waals surface area contributed by atoms with E-state index in [1.165, 1.54) is 16.7 Å². The van der Waals surface area contributed by atoms with Gasteiger partial charge in [-0.05, 0) is 30.8 Å². The molecule has 0 aliphatic carbocycles. The number of hydrogen-bond acceptors (Lipinski definition) is 4. The Labute approximate surface area is 124 Å². The van der Waals surface area contributed by atoms with E-state index >= 15 is 0 Å². The number of carbonyl (C=O) groups excluding carboxylic acids is 1. The highest BCUT2D eigenvalue weighted by atomic mass is 16.5. The van der Waals surface area contributed by atoms with Crippen LogP contribution < -0.4 is 10.1 Å². The summed E-state index contributed by atoms with van der Waals surface area (Å²) in [5.74, 6) is 1.10. The lowest BCUT2D eigenvalue weighted by atomic mass is 10.2. The Morgan fingerprint density at radius 2 is 1.90 bits per heavy atom. The summed E-state index contributed by atoms with van der Waals surface area (Å²) in [5, 5.41) is 3.09. The summed E-state index contributed by atoms with van der Waals surface area (Å²) < 4.78 is 5.65. The molecule has 5 heteroatoms. The Hall–Kier alpha value is -2.40. The summed E-state index contributed by atoms with van der Waals surface area (Å²) >= 11 is 0. The zero-order chi connectivity index (χ0) is 15.2. The molecular weight excluding hydrogens is 266 g/mol. The van der Waals surface area contributed by atoms with Crippen molar-refractivity contribution in [2.45, 2.75) is 6.54 Å². The van der Waals surface area contributed by atoms with Crippen molar-refractivity contribution in [3.8, 4) is 11.6 Å². The average molecular weight is 285 g/mol. The van der Waals surface area contributed by atoms with Gasteiger partial charge in [0.1, 0.15) is 5.75 Å². The van der Waals surface area contributed by atoms with E-state index in [1.54, 1.807) is 26.2 Å². The molecule has 0 bridgehead atoms. The van der Waals surface area contributed by atoms with E-state index in [4.69, 9.17) is 4.74 Å². The van der Waals surface area contributed by atoms with Gasteiger partial charge in [0.15, 0.2) is 0 Å². The first kappa shape index (κ1) is 15.0. The normalized spacial score (nSPS) is 10.2. The second-order valence-corrected chi connectivity index (χ2v) is 4.86. The first-order valence-corrected chi connectivity index (χ1v) is 6.69. The fraction of sp³-hybridized carbons (Fsp3) is 0.250. The summed E-state index contributed by atoms with van der Waals surface area (Å²) in [5.41, 5.74) is 1.72. The molecule has 0 radical (unpaired) electrons. The third kappa shape index (κ3) is 4.03. The fourth-order valence-corrected chi connectivity index (χ4v) is 1.83. The lowest BCUT2D eigenvalue weighted by Crippen LogP contribution is -2.21. The molecule has 0 fully saturated rings. The van der Waals surface area contributed by atoms with Crippen molar-refractivity contribution >= 4 is 5.91 Å². The molecule has 1 amide bonds. The maximum absolute atomic E-state index is 11.8. The standard InChI is InChI=1S/C16H19N3O2/c1-17-10-12-4-7-14(8-5-12)21-15-9-6-13(11-18-15)16(20)19(2)3/h4-9,11,17H,10H2,1-3H3. The minimum absolute atomic E-state index is 0.0783. The zero-order valence-corrected chi connectivity index (χ0v) is 12.5. The molecule has 2 aromatic rings. The summed E-state index contributed by atoms with van der Waals surface area (Å²) in [4.78, 5) is 17.4. The van der Waals surface area contributed by atoms with Gasteiger partial charge in [-0.15, -0.1) is 0 Å². The second kappa shape index (κ2) is 6.85. The molecule has 1 aromatic carbocycles. The van der Waals surface area contributed by atoms with Crippen LogP contribution in [0.1, 0.15) is 15.9 Å². The van der Waals surface area contributed by atoms with Crippen molar-refractivity contribution in [3.05, 3.63) is 53.7 Å². The quantitative estimate of drug-likeness (QED) is 0.916. The number of nitrogens with zero attached hydrogens (tertiary/aromatic N) is 2. The first-order valence-electron chi connectivity index (χ1n) is 6.69. The SMILES string of the molecule is CNCc1ccc(Oc2ccc(C(=O)N(C)C)cn2)cc1. The number of nitrogens with one attached hydrogen (secondary N) is 1. The summed E-state index contributed by atoms with van der Waals surface area (Å²) in [6.07, 6.45) is 1.52. The van der Waals surface area contributed by atoms with Gasteiger partial charge in [0.25, 0.3) is 5.91 Å². The summed E-state index contributed by atoms with van der Waals surface area (Å²) in [6.45, 7) is 0.819. The van der Waals surface area contributed by atoms with E-state index in [-0.39, 0.29) is 5.91 Å². The van der Waals surface area contributed by atoms with Gasteiger partial charge in [-0.2, -0.15) is 0 Å². The molecule has 21 heavy (non-hydrogen) atoms. The zero-order valence-electron chi connectivity index (χ0n) is 12.5. The smallest absolute Gasteiger partial charge is 0.254 e. The largest absolute Gasteiger partial charge is 0.439 e. The van der Waals surface area contributed by atoms with E-state index in [0.717, 1.165) is 6.54 Å². The molecule has 1 aromatic heterocycles. The van der Waals surface area contributed by atoms with Crippen molar-refractivity contribution in [3.63, 3.8) is 0 Å². The van der Waals surface area contributed by atoms with Crippen molar-refractivity contribution < 1.29 is 9.53 Å².